The summed E-state index contributed by atoms with van der Waals surface area (Å²) in [7, 11) is 0. The van der Waals surface area contributed by atoms with Gasteiger partial charge in [0, 0.05) is 10.9 Å². The number of carbonyl (C=O) groups excluding carboxylic acids is 1. The van der Waals surface area contributed by atoms with Crippen LogP contribution in [0.4, 0.5) is 8.78 Å². The smallest absolute Gasteiger partial charge is 0.305 e. The van der Waals surface area contributed by atoms with Gasteiger partial charge in [-0.1, -0.05) is 24.3 Å². The molecule has 2 aromatic carbocycles. The number of hydrogen-bond donors (Lipinski definition) is 2. The second-order valence-electron chi connectivity index (χ2n) is 5.70. The molecule has 0 fully saturated rings. The van der Waals surface area contributed by atoms with Crippen LogP contribution >= 0.6 is 11.3 Å². The van der Waals surface area contributed by atoms with Crippen molar-refractivity contribution in [3.63, 3.8) is 0 Å². The third-order valence-electron chi connectivity index (χ3n) is 3.78. The maximum atomic E-state index is 13.9. The van der Waals surface area contributed by atoms with Crippen LogP contribution in [0, 0.1) is 11.6 Å². The van der Waals surface area contributed by atoms with Gasteiger partial charge in [-0.15, -0.1) is 11.3 Å². The summed E-state index contributed by atoms with van der Waals surface area (Å²) in [6, 6.07) is 10.5. The van der Waals surface area contributed by atoms with Crippen LogP contribution in [0.3, 0.4) is 0 Å². The fourth-order valence-corrected chi connectivity index (χ4v) is 3.35. The monoisotopic (exact) mass is 388 g/mol. The molecule has 0 aliphatic carbocycles. The lowest BCUT2D eigenvalue weighted by atomic mass is 10.0. The molecular weight excluding hydrogens is 374 g/mol. The van der Waals surface area contributed by atoms with Gasteiger partial charge in [-0.2, -0.15) is 0 Å². The number of amides is 1. The van der Waals surface area contributed by atoms with E-state index < -0.39 is 36.0 Å². The number of carboxylic acid groups (broad SMARTS) is 1. The van der Waals surface area contributed by atoms with Crippen LogP contribution in [-0.2, 0) is 4.79 Å². The highest BCUT2D eigenvalue weighted by Crippen LogP contribution is 2.26. The maximum absolute atomic E-state index is 13.9. The normalized spacial score (nSPS) is 11.8. The van der Waals surface area contributed by atoms with Crippen LogP contribution in [0.5, 0.6) is 0 Å². The van der Waals surface area contributed by atoms with Crippen molar-refractivity contribution in [3.05, 3.63) is 76.8 Å². The first-order valence-electron chi connectivity index (χ1n) is 7.92. The van der Waals surface area contributed by atoms with E-state index in [0.29, 0.717) is 10.6 Å². The van der Waals surface area contributed by atoms with E-state index in [2.05, 4.69) is 10.3 Å². The van der Waals surface area contributed by atoms with Crippen molar-refractivity contribution < 1.29 is 23.5 Å². The molecule has 5 nitrogen and oxygen atoms in total. The average Bonchev–Trinajstić information content (AvgIpc) is 3.11. The van der Waals surface area contributed by atoms with Crippen molar-refractivity contribution in [1.29, 1.82) is 0 Å². The van der Waals surface area contributed by atoms with Crippen molar-refractivity contribution in [3.8, 4) is 10.6 Å². The number of aliphatic carboxylic acids is 1. The molecule has 1 heterocycles. The molecule has 1 aromatic heterocycles. The van der Waals surface area contributed by atoms with Gasteiger partial charge in [-0.05, 0) is 29.8 Å². The number of aromatic nitrogens is 1. The third-order valence-corrected chi connectivity index (χ3v) is 4.65. The summed E-state index contributed by atoms with van der Waals surface area (Å²) in [5.41, 5.74) is 0.633. The van der Waals surface area contributed by atoms with Gasteiger partial charge in [0.25, 0.3) is 5.91 Å². The number of benzene rings is 2. The van der Waals surface area contributed by atoms with E-state index in [1.165, 1.54) is 35.7 Å². The second-order valence-corrected chi connectivity index (χ2v) is 6.55. The Morgan fingerprint density at radius 2 is 1.93 bits per heavy atom. The SMILES string of the molecule is O=C(O)C[C@H](NC(=O)c1csc(-c2ccccc2F)n1)c1cccc(F)c1. The van der Waals surface area contributed by atoms with E-state index in [-0.39, 0.29) is 11.3 Å². The summed E-state index contributed by atoms with van der Waals surface area (Å²) in [5.74, 6) is -2.76. The van der Waals surface area contributed by atoms with Crippen LogP contribution in [0.1, 0.15) is 28.5 Å². The summed E-state index contributed by atoms with van der Waals surface area (Å²) in [6.07, 6.45) is -0.417. The minimum absolute atomic E-state index is 0.0324. The minimum atomic E-state index is -1.14. The summed E-state index contributed by atoms with van der Waals surface area (Å²) in [6.45, 7) is 0. The first-order valence-corrected chi connectivity index (χ1v) is 8.80. The second kappa shape index (κ2) is 8.05. The van der Waals surface area contributed by atoms with Gasteiger partial charge in [0.05, 0.1) is 12.5 Å². The highest BCUT2D eigenvalue weighted by atomic mass is 32.1. The van der Waals surface area contributed by atoms with E-state index in [1.54, 1.807) is 18.2 Å². The predicted molar refractivity (Wildman–Crippen MR) is 96.4 cm³/mol. The van der Waals surface area contributed by atoms with Gasteiger partial charge in [0.1, 0.15) is 22.3 Å². The number of thiazole rings is 1. The molecule has 2 N–H and O–H groups in total. The van der Waals surface area contributed by atoms with Gasteiger partial charge in [-0.3, -0.25) is 9.59 Å². The number of nitrogens with one attached hydrogen (secondary N) is 1. The Hall–Kier alpha value is -3.13. The van der Waals surface area contributed by atoms with E-state index in [9.17, 15) is 18.4 Å². The summed E-state index contributed by atoms with van der Waals surface area (Å²) in [5, 5.41) is 13.4. The van der Waals surface area contributed by atoms with Crippen LogP contribution in [-0.4, -0.2) is 22.0 Å². The number of hydrogen-bond acceptors (Lipinski definition) is 4. The standard InChI is InChI=1S/C19H14F2N2O3S/c20-12-5-3-4-11(8-12)15(9-17(24)25)22-18(26)16-10-27-19(23-16)13-6-1-2-7-14(13)21/h1-8,10,15H,9H2,(H,22,26)(H,24,25)/t15-/m0/s1. The molecule has 0 bridgehead atoms. The first kappa shape index (κ1) is 18.7. The lowest BCUT2D eigenvalue weighted by molar-refractivity contribution is -0.137. The van der Waals surface area contributed by atoms with Gasteiger partial charge < -0.3 is 10.4 Å². The number of nitrogens with zero attached hydrogens (tertiary/aromatic N) is 1. The third kappa shape index (κ3) is 4.53. The molecule has 0 aliphatic heterocycles. The maximum Gasteiger partial charge on any atom is 0.305 e. The van der Waals surface area contributed by atoms with Crippen molar-refractivity contribution in [2.75, 3.05) is 0 Å². The summed E-state index contributed by atoms with van der Waals surface area (Å²) >= 11 is 1.10. The van der Waals surface area contributed by atoms with Crippen LogP contribution < -0.4 is 5.32 Å². The number of rotatable bonds is 6. The van der Waals surface area contributed by atoms with E-state index >= 15 is 0 Å². The zero-order chi connectivity index (χ0) is 19.4. The molecule has 0 saturated carbocycles. The number of halogens is 2. The lowest BCUT2D eigenvalue weighted by Crippen LogP contribution is -2.30. The lowest BCUT2D eigenvalue weighted by Gasteiger charge is -2.16. The van der Waals surface area contributed by atoms with Gasteiger partial charge >= 0.3 is 5.97 Å². The fraction of sp³-hybridized carbons (Fsp3) is 0.105. The molecule has 27 heavy (non-hydrogen) atoms. The Labute approximate surface area is 157 Å². The Balaban J connectivity index is 1.82. The first-order chi connectivity index (χ1) is 12.9. The zero-order valence-electron chi connectivity index (χ0n) is 13.9. The molecule has 0 radical (unpaired) electrons. The largest absolute Gasteiger partial charge is 0.481 e. The Kier molecular flexibility index (Phi) is 5.56. The van der Waals surface area contributed by atoms with Crippen molar-refractivity contribution in [2.24, 2.45) is 0 Å². The molecule has 0 saturated heterocycles. The van der Waals surface area contributed by atoms with Crippen molar-refractivity contribution in [2.45, 2.75) is 12.5 Å². The molecule has 3 aromatic rings. The molecule has 0 aliphatic rings. The molecular formula is C19H14F2N2O3S. The summed E-state index contributed by atoms with van der Waals surface area (Å²) < 4.78 is 27.3. The molecule has 1 atom stereocenters. The zero-order valence-corrected chi connectivity index (χ0v) is 14.7. The van der Waals surface area contributed by atoms with Gasteiger partial charge in [0.2, 0.25) is 0 Å². The molecule has 1 amide bonds. The van der Waals surface area contributed by atoms with Crippen molar-refractivity contribution >= 4 is 23.2 Å². The Morgan fingerprint density at radius 3 is 2.63 bits per heavy atom. The molecule has 3 rings (SSSR count). The molecule has 138 valence electrons. The van der Waals surface area contributed by atoms with Crippen LogP contribution in [0.2, 0.25) is 0 Å². The van der Waals surface area contributed by atoms with Crippen LogP contribution in [0.25, 0.3) is 10.6 Å². The van der Waals surface area contributed by atoms with E-state index in [0.717, 1.165) is 11.3 Å². The Morgan fingerprint density at radius 1 is 1.15 bits per heavy atom. The fourth-order valence-electron chi connectivity index (χ4n) is 2.52. The van der Waals surface area contributed by atoms with E-state index in [1.807, 2.05) is 0 Å². The number of carboxylic acids is 1. The van der Waals surface area contributed by atoms with Crippen LogP contribution in [0.15, 0.2) is 53.9 Å². The summed E-state index contributed by atoms with van der Waals surface area (Å²) in [4.78, 5) is 27.7. The minimum Gasteiger partial charge on any atom is -0.481 e. The molecule has 0 unspecified atom stereocenters. The topological polar surface area (TPSA) is 79.3 Å². The molecule has 8 heteroatoms. The highest BCUT2D eigenvalue weighted by Gasteiger charge is 2.21. The predicted octanol–water partition coefficient (Wildman–Crippen LogP) is 4.03. The van der Waals surface area contributed by atoms with E-state index in [4.69, 9.17) is 5.11 Å². The highest BCUT2D eigenvalue weighted by molar-refractivity contribution is 7.13. The van der Waals surface area contributed by atoms with Gasteiger partial charge in [0.15, 0.2) is 0 Å². The molecule has 0 spiro atoms. The Bertz CT molecular complexity index is 990. The average molecular weight is 388 g/mol. The quantitative estimate of drug-likeness (QED) is 0.668. The van der Waals surface area contributed by atoms with Gasteiger partial charge in [-0.25, -0.2) is 13.8 Å². The van der Waals surface area contributed by atoms with Crippen molar-refractivity contribution in [1.82, 2.24) is 10.3 Å². The number of carbonyl (C=O) groups is 2.